The maximum absolute atomic E-state index is 10.7. The summed E-state index contributed by atoms with van der Waals surface area (Å²) in [5, 5.41) is 27.7. The number of hydrogen-bond donors (Lipinski definition) is 3. The molecule has 1 rings (SSSR count). The molecule has 1 fully saturated rings. The molecular formula is C8H15NO4. The van der Waals surface area contributed by atoms with Crippen molar-refractivity contribution < 1.29 is 20.1 Å². The predicted octanol–water partition coefficient (Wildman–Crippen LogP) is -0.130. The molecule has 1 aliphatic rings. The van der Waals surface area contributed by atoms with Crippen LogP contribution in [0.3, 0.4) is 0 Å². The molecule has 2 atom stereocenters. The minimum atomic E-state index is -1.10. The summed E-state index contributed by atoms with van der Waals surface area (Å²) in [6.07, 6.45) is -1.45. The molecule has 76 valence electrons. The quantitative estimate of drug-likeness (QED) is 0.536. The van der Waals surface area contributed by atoms with Gasteiger partial charge >= 0.3 is 6.09 Å². The van der Waals surface area contributed by atoms with E-state index in [1.165, 1.54) is 0 Å². The van der Waals surface area contributed by atoms with Crippen LogP contribution < -0.4 is 0 Å². The fraction of sp³-hybridized carbons (Fsp3) is 0.875. The van der Waals surface area contributed by atoms with Gasteiger partial charge in [-0.15, -0.1) is 0 Å². The topological polar surface area (TPSA) is 81.0 Å². The molecule has 5 heteroatoms. The number of β-amino-alcohol motifs (C(OH)–C–C–N with tert-alkyl or cyclic N) is 1. The van der Waals surface area contributed by atoms with Crippen LogP contribution in [0.2, 0.25) is 0 Å². The van der Waals surface area contributed by atoms with Crippen LogP contribution in [0.15, 0.2) is 0 Å². The largest absolute Gasteiger partial charge is 0.465 e. The number of likely N-dealkylation sites (tertiary alicyclic amines) is 1. The van der Waals surface area contributed by atoms with Crippen molar-refractivity contribution in [2.45, 2.75) is 38.0 Å². The third kappa shape index (κ3) is 2.10. The summed E-state index contributed by atoms with van der Waals surface area (Å²) in [5.41, 5.74) is -1.10. The van der Waals surface area contributed by atoms with Crippen LogP contribution in [-0.4, -0.2) is 50.6 Å². The van der Waals surface area contributed by atoms with E-state index in [-0.39, 0.29) is 6.54 Å². The van der Waals surface area contributed by atoms with Gasteiger partial charge in [0.25, 0.3) is 0 Å². The summed E-state index contributed by atoms with van der Waals surface area (Å²) in [6, 6.07) is -0.514. The molecule has 5 nitrogen and oxygen atoms in total. The fourth-order valence-corrected chi connectivity index (χ4v) is 1.69. The van der Waals surface area contributed by atoms with E-state index < -0.39 is 23.8 Å². The maximum atomic E-state index is 10.7. The third-order valence-corrected chi connectivity index (χ3v) is 2.34. The lowest BCUT2D eigenvalue weighted by molar-refractivity contribution is 0.00140. The van der Waals surface area contributed by atoms with E-state index in [4.69, 9.17) is 5.11 Å². The predicted molar refractivity (Wildman–Crippen MR) is 45.4 cm³/mol. The van der Waals surface area contributed by atoms with Gasteiger partial charge in [0, 0.05) is 0 Å². The molecule has 0 aromatic heterocycles. The first kappa shape index (κ1) is 10.3. The van der Waals surface area contributed by atoms with Crippen LogP contribution >= 0.6 is 0 Å². The average Bonchev–Trinajstić information content (AvgIpc) is 2.29. The number of amides is 1. The van der Waals surface area contributed by atoms with E-state index in [0.717, 1.165) is 4.90 Å². The smallest absolute Gasteiger partial charge is 0.407 e. The van der Waals surface area contributed by atoms with Crippen LogP contribution in [0.25, 0.3) is 0 Å². The zero-order chi connectivity index (χ0) is 10.2. The molecule has 0 aliphatic carbocycles. The Morgan fingerprint density at radius 3 is 2.38 bits per heavy atom. The lowest BCUT2D eigenvalue weighted by Gasteiger charge is -2.31. The molecule has 0 bridgehead atoms. The molecule has 1 heterocycles. The Morgan fingerprint density at radius 2 is 2.08 bits per heavy atom. The molecule has 0 spiro atoms. The van der Waals surface area contributed by atoms with Gasteiger partial charge in [-0.2, -0.15) is 0 Å². The lowest BCUT2D eigenvalue weighted by atomic mass is 9.96. The SMILES string of the molecule is CC(C)(O)[C@H]1C[C@@H](O)CN1C(=O)O. The Morgan fingerprint density at radius 1 is 1.54 bits per heavy atom. The van der Waals surface area contributed by atoms with Crippen molar-refractivity contribution in [1.29, 1.82) is 0 Å². The second-order valence-electron chi connectivity index (χ2n) is 3.99. The van der Waals surface area contributed by atoms with Gasteiger partial charge in [0.1, 0.15) is 0 Å². The minimum absolute atomic E-state index is 0.0873. The van der Waals surface area contributed by atoms with E-state index in [1.807, 2.05) is 0 Å². The Balaban J connectivity index is 2.78. The van der Waals surface area contributed by atoms with Crippen LogP contribution in [-0.2, 0) is 0 Å². The number of rotatable bonds is 1. The number of aliphatic hydroxyl groups excluding tert-OH is 1. The highest BCUT2D eigenvalue weighted by molar-refractivity contribution is 5.66. The molecule has 1 amide bonds. The summed E-state index contributed by atoms with van der Waals surface area (Å²) < 4.78 is 0. The van der Waals surface area contributed by atoms with Gasteiger partial charge in [0.05, 0.1) is 24.3 Å². The number of hydrogen-bond acceptors (Lipinski definition) is 3. The molecule has 0 aromatic rings. The van der Waals surface area contributed by atoms with Gasteiger partial charge in [-0.1, -0.05) is 0 Å². The Kier molecular flexibility index (Phi) is 2.49. The van der Waals surface area contributed by atoms with Crippen molar-refractivity contribution in [2.75, 3.05) is 6.54 Å². The number of carbonyl (C=O) groups is 1. The Hall–Kier alpha value is -0.810. The molecule has 13 heavy (non-hydrogen) atoms. The van der Waals surface area contributed by atoms with Gasteiger partial charge in [0.2, 0.25) is 0 Å². The number of aliphatic hydroxyl groups is 2. The van der Waals surface area contributed by atoms with Gasteiger partial charge in [-0.05, 0) is 20.3 Å². The third-order valence-electron chi connectivity index (χ3n) is 2.34. The van der Waals surface area contributed by atoms with E-state index in [0.29, 0.717) is 6.42 Å². The van der Waals surface area contributed by atoms with Crippen LogP contribution in [0, 0.1) is 0 Å². The highest BCUT2D eigenvalue weighted by Crippen LogP contribution is 2.26. The minimum Gasteiger partial charge on any atom is -0.465 e. The van der Waals surface area contributed by atoms with Crippen molar-refractivity contribution in [3.8, 4) is 0 Å². The van der Waals surface area contributed by atoms with Crippen LogP contribution in [0.4, 0.5) is 4.79 Å². The zero-order valence-electron chi connectivity index (χ0n) is 7.77. The van der Waals surface area contributed by atoms with E-state index in [1.54, 1.807) is 13.8 Å². The van der Waals surface area contributed by atoms with Crippen molar-refractivity contribution in [1.82, 2.24) is 4.90 Å². The molecule has 0 radical (unpaired) electrons. The van der Waals surface area contributed by atoms with Gasteiger partial charge in [-0.3, -0.25) is 4.90 Å². The van der Waals surface area contributed by atoms with Gasteiger partial charge in [0.15, 0.2) is 0 Å². The molecule has 0 saturated carbocycles. The molecule has 3 N–H and O–H groups in total. The summed E-state index contributed by atoms with van der Waals surface area (Å²) in [6.45, 7) is 3.18. The molecular weight excluding hydrogens is 174 g/mol. The number of nitrogens with zero attached hydrogens (tertiary/aromatic N) is 1. The molecule has 0 unspecified atom stereocenters. The monoisotopic (exact) mass is 189 g/mol. The van der Waals surface area contributed by atoms with Crippen molar-refractivity contribution in [2.24, 2.45) is 0 Å². The highest BCUT2D eigenvalue weighted by Gasteiger charge is 2.42. The summed E-state index contributed by atoms with van der Waals surface area (Å²) in [4.78, 5) is 11.8. The summed E-state index contributed by atoms with van der Waals surface area (Å²) in [5.74, 6) is 0. The first-order chi connectivity index (χ1) is 5.82. The summed E-state index contributed by atoms with van der Waals surface area (Å²) in [7, 11) is 0. The molecule has 0 aromatic carbocycles. The van der Waals surface area contributed by atoms with Crippen LogP contribution in [0.5, 0.6) is 0 Å². The zero-order valence-corrected chi connectivity index (χ0v) is 7.77. The molecule has 1 saturated heterocycles. The Bertz CT molecular complexity index is 211. The van der Waals surface area contributed by atoms with Crippen molar-refractivity contribution in [3.63, 3.8) is 0 Å². The highest BCUT2D eigenvalue weighted by atomic mass is 16.4. The van der Waals surface area contributed by atoms with Crippen molar-refractivity contribution in [3.05, 3.63) is 0 Å². The van der Waals surface area contributed by atoms with E-state index >= 15 is 0 Å². The second kappa shape index (κ2) is 3.16. The first-order valence-electron chi connectivity index (χ1n) is 4.22. The van der Waals surface area contributed by atoms with Crippen LogP contribution in [0.1, 0.15) is 20.3 Å². The van der Waals surface area contributed by atoms with E-state index in [9.17, 15) is 15.0 Å². The van der Waals surface area contributed by atoms with Gasteiger partial charge in [-0.25, -0.2) is 4.79 Å². The number of carboxylic acid groups (broad SMARTS) is 1. The average molecular weight is 189 g/mol. The van der Waals surface area contributed by atoms with Gasteiger partial charge < -0.3 is 15.3 Å². The fourth-order valence-electron chi connectivity index (χ4n) is 1.69. The Labute approximate surface area is 76.6 Å². The lowest BCUT2D eigenvalue weighted by Crippen LogP contribution is -2.47. The van der Waals surface area contributed by atoms with E-state index in [2.05, 4.69) is 0 Å². The summed E-state index contributed by atoms with van der Waals surface area (Å²) >= 11 is 0. The maximum Gasteiger partial charge on any atom is 0.407 e. The molecule has 1 aliphatic heterocycles. The normalized spacial score (nSPS) is 29.4. The second-order valence-corrected chi connectivity index (χ2v) is 3.99. The standard InChI is InChI=1S/C8H15NO4/c1-8(2,13)6-3-5(10)4-9(6)7(11)12/h5-6,10,13H,3-4H2,1-2H3,(H,11,12)/t5-,6-/m1/s1. The first-order valence-corrected chi connectivity index (χ1v) is 4.22. The van der Waals surface area contributed by atoms with Crippen molar-refractivity contribution >= 4 is 6.09 Å².